The fourth-order valence-electron chi connectivity index (χ4n) is 2.00. The molecular formula is C16H17ClN2O2S. The Hall–Kier alpha value is -1.85. The first-order chi connectivity index (χ1) is 10.5. The molecule has 116 valence electrons. The number of nitrogens with one attached hydrogen (secondary N) is 2. The van der Waals surface area contributed by atoms with E-state index in [1.54, 1.807) is 24.3 Å². The van der Waals surface area contributed by atoms with E-state index in [-0.39, 0.29) is 18.2 Å². The van der Waals surface area contributed by atoms with Gasteiger partial charge >= 0.3 is 0 Å². The van der Waals surface area contributed by atoms with Crippen molar-refractivity contribution in [2.75, 3.05) is 0 Å². The molecule has 2 rings (SSSR count). The maximum atomic E-state index is 12.0. The summed E-state index contributed by atoms with van der Waals surface area (Å²) in [6.45, 7) is 4.03. The predicted octanol–water partition coefficient (Wildman–Crippen LogP) is 3.28. The molecule has 2 aromatic rings. The van der Waals surface area contributed by atoms with Gasteiger partial charge in [-0.25, -0.2) is 0 Å². The first-order valence-electron chi connectivity index (χ1n) is 6.92. The lowest BCUT2D eigenvalue weighted by Crippen LogP contribution is -2.42. The number of halogens is 1. The zero-order valence-electron chi connectivity index (χ0n) is 12.4. The van der Waals surface area contributed by atoms with Crippen LogP contribution < -0.4 is 10.9 Å². The molecule has 0 atom stereocenters. The van der Waals surface area contributed by atoms with Crippen LogP contribution in [0.2, 0.25) is 5.02 Å². The standard InChI is InChI=1S/C16H17ClN2O2S/c1-3-12-9-14(22-10(12)2)16(21)19-18-15(20)8-11-4-6-13(17)7-5-11/h4-7,9H,3,8H2,1-2H3,(H,18,20)(H,19,21). The summed E-state index contributed by atoms with van der Waals surface area (Å²) in [4.78, 5) is 25.5. The number of benzene rings is 1. The lowest BCUT2D eigenvalue weighted by molar-refractivity contribution is -0.121. The van der Waals surface area contributed by atoms with Gasteiger partial charge in [-0.2, -0.15) is 0 Å². The van der Waals surface area contributed by atoms with Crippen molar-refractivity contribution < 1.29 is 9.59 Å². The van der Waals surface area contributed by atoms with Crippen LogP contribution in [0.5, 0.6) is 0 Å². The van der Waals surface area contributed by atoms with Crippen molar-refractivity contribution in [1.82, 2.24) is 10.9 Å². The summed E-state index contributed by atoms with van der Waals surface area (Å²) in [6.07, 6.45) is 1.07. The van der Waals surface area contributed by atoms with Crippen LogP contribution in [0, 0.1) is 6.92 Å². The van der Waals surface area contributed by atoms with E-state index in [1.165, 1.54) is 11.3 Å². The maximum absolute atomic E-state index is 12.0. The van der Waals surface area contributed by atoms with Crippen LogP contribution in [0.15, 0.2) is 30.3 Å². The predicted molar refractivity (Wildman–Crippen MR) is 89.2 cm³/mol. The molecule has 0 unspecified atom stereocenters. The summed E-state index contributed by atoms with van der Waals surface area (Å²) in [5.41, 5.74) is 6.85. The summed E-state index contributed by atoms with van der Waals surface area (Å²) < 4.78 is 0. The highest BCUT2D eigenvalue weighted by molar-refractivity contribution is 7.14. The van der Waals surface area contributed by atoms with E-state index < -0.39 is 0 Å². The van der Waals surface area contributed by atoms with E-state index in [2.05, 4.69) is 10.9 Å². The van der Waals surface area contributed by atoms with Crippen LogP contribution in [-0.2, 0) is 17.6 Å². The van der Waals surface area contributed by atoms with Crippen molar-refractivity contribution in [3.05, 3.63) is 56.2 Å². The van der Waals surface area contributed by atoms with Crippen LogP contribution in [0.4, 0.5) is 0 Å². The average molecular weight is 337 g/mol. The molecule has 2 amide bonds. The van der Waals surface area contributed by atoms with E-state index in [1.807, 2.05) is 19.9 Å². The molecule has 2 N–H and O–H groups in total. The van der Waals surface area contributed by atoms with Crippen LogP contribution >= 0.6 is 22.9 Å². The molecule has 0 fully saturated rings. The quantitative estimate of drug-likeness (QED) is 0.842. The van der Waals surface area contributed by atoms with Crippen LogP contribution in [0.1, 0.15) is 32.6 Å². The fraction of sp³-hybridized carbons (Fsp3) is 0.250. The van der Waals surface area contributed by atoms with Crippen molar-refractivity contribution in [2.24, 2.45) is 0 Å². The zero-order chi connectivity index (χ0) is 16.1. The van der Waals surface area contributed by atoms with Gasteiger partial charge in [0.1, 0.15) is 0 Å². The molecule has 0 radical (unpaired) electrons. The molecule has 1 aromatic carbocycles. The first-order valence-corrected chi connectivity index (χ1v) is 8.12. The third-order valence-electron chi connectivity index (χ3n) is 3.22. The Morgan fingerprint density at radius 1 is 1.18 bits per heavy atom. The molecule has 0 spiro atoms. The van der Waals surface area contributed by atoms with Gasteiger partial charge in [-0.3, -0.25) is 20.4 Å². The number of rotatable bonds is 4. The van der Waals surface area contributed by atoms with Gasteiger partial charge in [0.05, 0.1) is 11.3 Å². The van der Waals surface area contributed by atoms with Crippen molar-refractivity contribution in [1.29, 1.82) is 0 Å². The minimum absolute atomic E-state index is 0.182. The van der Waals surface area contributed by atoms with E-state index in [0.717, 1.165) is 22.4 Å². The molecular weight excluding hydrogens is 320 g/mol. The molecule has 1 aromatic heterocycles. The SMILES string of the molecule is CCc1cc(C(=O)NNC(=O)Cc2ccc(Cl)cc2)sc1C. The van der Waals surface area contributed by atoms with E-state index in [9.17, 15) is 9.59 Å². The van der Waals surface area contributed by atoms with Gasteiger partial charge in [0.15, 0.2) is 0 Å². The fourth-order valence-corrected chi connectivity index (χ4v) is 3.14. The number of carbonyl (C=O) groups excluding carboxylic acids is 2. The smallest absolute Gasteiger partial charge is 0.273 e. The lowest BCUT2D eigenvalue weighted by Gasteiger charge is -2.06. The molecule has 0 aliphatic rings. The largest absolute Gasteiger partial charge is 0.279 e. The topological polar surface area (TPSA) is 58.2 Å². The second kappa shape index (κ2) is 7.42. The summed E-state index contributed by atoms with van der Waals surface area (Å²) in [6, 6.07) is 8.87. The molecule has 0 saturated heterocycles. The van der Waals surface area contributed by atoms with Gasteiger partial charge in [0.25, 0.3) is 5.91 Å². The highest BCUT2D eigenvalue weighted by Crippen LogP contribution is 2.21. The normalized spacial score (nSPS) is 10.3. The molecule has 0 saturated carbocycles. The Kier molecular flexibility index (Phi) is 5.57. The van der Waals surface area contributed by atoms with Crippen LogP contribution in [-0.4, -0.2) is 11.8 Å². The summed E-state index contributed by atoms with van der Waals surface area (Å²) in [5, 5.41) is 0.622. The Morgan fingerprint density at radius 3 is 2.45 bits per heavy atom. The number of hydrogen-bond donors (Lipinski definition) is 2. The monoisotopic (exact) mass is 336 g/mol. The second-order valence-corrected chi connectivity index (χ2v) is 6.54. The summed E-state index contributed by atoms with van der Waals surface area (Å²) >= 11 is 7.22. The number of aryl methyl sites for hydroxylation is 2. The van der Waals surface area contributed by atoms with E-state index in [0.29, 0.717) is 9.90 Å². The number of hydrazine groups is 1. The Balaban J connectivity index is 1.87. The molecule has 0 bridgehead atoms. The second-order valence-electron chi connectivity index (χ2n) is 4.85. The van der Waals surface area contributed by atoms with Gasteiger partial charge in [-0.1, -0.05) is 30.7 Å². The highest BCUT2D eigenvalue weighted by atomic mass is 35.5. The van der Waals surface area contributed by atoms with Crippen molar-refractivity contribution in [2.45, 2.75) is 26.7 Å². The van der Waals surface area contributed by atoms with Crippen molar-refractivity contribution in [3.63, 3.8) is 0 Å². The van der Waals surface area contributed by atoms with Gasteiger partial charge in [-0.05, 0) is 42.7 Å². The van der Waals surface area contributed by atoms with Crippen molar-refractivity contribution in [3.8, 4) is 0 Å². The Morgan fingerprint density at radius 2 is 1.86 bits per heavy atom. The highest BCUT2D eigenvalue weighted by Gasteiger charge is 2.12. The average Bonchev–Trinajstić information content (AvgIpc) is 2.88. The van der Waals surface area contributed by atoms with Crippen molar-refractivity contribution >= 4 is 34.8 Å². The molecule has 22 heavy (non-hydrogen) atoms. The minimum Gasteiger partial charge on any atom is -0.273 e. The molecule has 6 heteroatoms. The number of amides is 2. The van der Waals surface area contributed by atoms with Crippen LogP contribution in [0.25, 0.3) is 0 Å². The van der Waals surface area contributed by atoms with Crippen LogP contribution in [0.3, 0.4) is 0 Å². The third-order valence-corrected chi connectivity index (χ3v) is 4.56. The molecule has 0 aliphatic heterocycles. The first kappa shape index (κ1) is 16.5. The number of carbonyl (C=O) groups is 2. The van der Waals surface area contributed by atoms with E-state index in [4.69, 9.17) is 11.6 Å². The van der Waals surface area contributed by atoms with E-state index >= 15 is 0 Å². The summed E-state index contributed by atoms with van der Waals surface area (Å²) in [5.74, 6) is -0.572. The molecule has 1 heterocycles. The molecule has 4 nitrogen and oxygen atoms in total. The molecule has 0 aliphatic carbocycles. The minimum atomic E-state index is -0.294. The van der Waals surface area contributed by atoms with Gasteiger partial charge in [0, 0.05) is 9.90 Å². The van der Waals surface area contributed by atoms with Gasteiger partial charge in [-0.15, -0.1) is 11.3 Å². The Labute approximate surface area is 138 Å². The zero-order valence-corrected chi connectivity index (χ0v) is 14.0. The van der Waals surface area contributed by atoms with Gasteiger partial charge < -0.3 is 0 Å². The van der Waals surface area contributed by atoms with Gasteiger partial charge in [0.2, 0.25) is 5.91 Å². The number of thiophene rings is 1. The lowest BCUT2D eigenvalue weighted by atomic mass is 10.1. The Bertz CT molecular complexity index is 680. The number of hydrogen-bond acceptors (Lipinski definition) is 3. The maximum Gasteiger partial charge on any atom is 0.279 e. The summed E-state index contributed by atoms with van der Waals surface area (Å²) in [7, 11) is 0. The third kappa shape index (κ3) is 4.32.